The van der Waals surface area contributed by atoms with Gasteiger partial charge in [-0.1, -0.05) is 26.0 Å². The molecule has 0 saturated carbocycles. The first kappa shape index (κ1) is 20.4. The molecule has 2 saturated heterocycles. The quantitative estimate of drug-likeness (QED) is 0.575. The Hall–Kier alpha value is -2.35. The molecule has 28 heavy (non-hydrogen) atoms. The summed E-state index contributed by atoms with van der Waals surface area (Å²) in [6.07, 6.45) is 0. The van der Waals surface area contributed by atoms with Crippen molar-refractivity contribution in [2.45, 2.75) is 62.2 Å². The van der Waals surface area contributed by atoms with Crippen molar-refractivity contribution in [3.63, 3.8) is 0 Å². The summed E-state index contributed by atoms with van der Waals surface area (Å²) in [5, 5.41) is 11.4. The molecule has 1 aromatic rings. The second kappa shape index (κ2) is 6.62. The van der Waals surface area contributed by atoms with E-state index in [0.29, 0.717) is 11.5 Å². The van der Waals surface area contributed by atoms with Gasteiger partial charge in [-0.05, 0) is 44.4 Å². The van der Waals surface area contributed by atoms with E-state index in [0.717, 1.165) is 5.56 Å². The summed E-state index contributed by atoms with van der Waals surface area (Å²) in [4.78, 5) is 51.1. The Kier molecular flexibility index (Phi) is 4.82. The van der Waals surface area contributed by atoms with Crippen molar-refractivity contribution in [1.82, 2.24) is 10.2 Å². The molecule has 3 rings (SSSR count). The second-order valence-electron chi connectivity index (χ2n) is 8.12. The van der Waals surface area contributed by atoms with Crippen LogP contribution in [0.15, 0.2) is 24.3 Å². The molecule has 0 unspecified atom stereocenters. The Morgan fingerprint density at radius 3 is 2.21 bits per heavy atom. The van der Waals surface area contributed by atoms with Gasteiger partial charge in [0.1, 0.15) is 11.4 Å². The summed E-state index contributed by atoms with van der Waals surface area (Å²) in [6.45, 7) is 8.77. The Bertz CT molecular complexity index is 864. The zero-order chi connectivity index (χ0) is 21.0. The summed E-state index contributed by atoms with van der Waals surface area (Å²) >= 11 is 1.23. The maximum absolute atomic E-state index is 12.9. The van der Waals surface area contributed by atoms with Crippen LogP contribution in [0.3, 0.4) is 0 Å². The number of carbonyl (C=O) groups is 4. The molecule has 2 heterocycles. The standard InChI is InChI=1S/C20H24N2O5S/c1-10(2)12-6-8-13(9-7-12)15(24)21-20(11(3)23)17(27)22-14(16(25)26)19(4,5)28-18(20)22/h6-10,14,18H,1-5H3,(H,21,24)(H,25,26)/t14-,18+,20-/m0/s1. The highest BCUT2D eigenvalue weighted by molar-refractivity contribution is 8.01. The van der Waals surface area contributed by atoms with Crippen LogP contribution in [-0.4, -0.2) is 55.3 Å². The summed E-state index contributed by atoms with van der Waals surface area (Å²) in [6, 6.07) is 5.94. The van der Waals surface area contributed by atoms with Crippen molar-refractivity contribution < 1.29 is 24.3 Å². The lowest BCUT2D eigenvalue weighted by Crippen LogP contribution is -2.82. The number of hydrogen-bond donors (Lipinski definition) is 2. The number of Topliss-reactive ketones (excluding diaryl/α,β-unsaturated/α-hetero) is 1. The molecule has 3 atom stereocenters. The molecule has 7 nitrogen and oxygen atoms in total. The summed E-state index contributed by atoms with van der Waals surface area (Å²) in [5.74, 6) is -2.51. The number of benzene rings is 1. The van der Waals surface area contributed by atoms with E-state index in [1.54, 1.807) is 26.0 Å². The number of amides is 2. The summed E-state index contributed by atoms with van der Waals surface area (Å²) < 4.78 is -0.785. The number of ketones is 1. The Morgan fingerprint density at radius 1 is 1.18 bits per heavy atom. The van der Waals surface area contributed by atoms with Gasteiger partial charge in [-0.25, -0.2) is 4.79 Å². The van der Waals surface area contributed by atoms with E-state index in [2.05, 4.69) is 5.32 Å². The second-order valence-corrected chi connectivity index (χ2v) is 9.86. The molecular formula is C20H24N2O5S. The number of hydrogen-bond acceptors (Lipinski definition) is 5. The van der Waals surface area contributed by atoms with Gasteiger partial charge in [0.05, 0.1) is 0 Å². The third kappa shape index (κ3) is 2.82. The molecule has 2 aliphatic heterocycles. The van der Waals surface area contributed by atoms with Crippen LogP contribution < -0.4 is 5.32 Å². The number of aliphatic carboxylic acids is 1. The van der Waals surface area contributed by atoms with Crippen LogP contribution in [0.2, 0.25) is 0 Å². The number of carboxylic acids is 1. The van der Waals surface area contributed by atoms with Crippen molar-refractivity contribution in [3.05, 3.63) is 35.4 Å². The van der Waals surface area contributed by atoms with Crippen molar-refractivity contribution in [2.75, 3.05) is 0 Å². The average molecular weight is 404 g/mol. The Morgan fingerprint density at radius 2 is 1.75 bits per heavy atom. The van der Waals surface area contributed by atoms with Gasteiger partial charge in [0, 0.05) is 10.3 Å². The SMILES string of the molecule is CC(=O)[C@]1(NC(=O)c2ccc(C(C)C)cc2)C(=O)N2[C@@H](C(=O)O)C(C)(C)S[C@@H]21. The van der Waals surface area contributed by atoms with E-state index in [1.165, 1.54) is 23.6 Å². The third-order valence-corrected chi connectivity index (χ3v) is 7.12. The van der Waals surface area contributed by atoms with E-state index >= 15 is 0 Å². The molecule has 2 N–H and O–H groups in total. The van der Waals surface area contributed by atoms with E-state index < -0.39 is 45.3 Å². The van der Waals surface area contributed by atoms with E-state index in [-0.39, 0.29) is 0 Å². The van der Waals surface area contributed by atoms with E-state index in [9.17, 15) is 24.3 Å². The molecule has 2 aliphatic rings. The fourth-order valence-electron chi connectivity index (χ4n) is 3.86. The first-order valence-electron chi connectivity index (χ1n) is 9.10. The molecule has 0 radical (unpaired) electrons. The first-order chi connectivity index (χ1) is 12.9. The Labute approximate surface area is 167 Å². The minimum absolute atomic E-state index is 0.313. The number of thioether (sulfide) groups is 1. The highest BCUT2D eigenvalue weighted by atomic mass is 32.2. The number of fused-ring (bicyclic) bond motifs is 1. The minimum atomic E-state index is -1.74. The van der Waals surface area contributed by atoms with Crippen LogP contribution >= 0.6 is 11.8 Å². The lowest BCUT2D eigenvalue weighted by atomic mass is 9.81. The number of nitrogens with zero attached hydrogens (tertiary/aromatic N) is 1. The highest BCUT2D eigenvalue weighted by Gasteiger charge is 2.74. The molecule has 0 spiro atoms. The van der Waals surface area contributed by atoms with Crippen molar-refractivity contribution in [1.29, 1.82) is 0 Å². The molecule has 150 valence electrons. The van der Waals surface area contributed by atoms with Crippen LogP contribution in [0.25, 0.3) is 0 Å². The minimum Gasteiger partial charge on any atom is -0.480 e. The zero-order valence-electron chi connectivity index (χ0n) is 16.5. The molecule has 1 aromatic carbocycles. The first-order valence-corrected chi connectivity index (χ1v) is 9.98. The van der Waals surface area contributed by atoms with Crippen LogP contribution in [0.4, 0.5) is 0 Å². The van der Waals surface area contributed by atoms with Gasteiger partial charge in [0.2, 0.25) is 5.54 Å². The fourth-order valence-corrected chi connectivity index (χ4v) is 5.61. The van der Waals surface area contributed by atoms with Crippen molar-refractivity contribution in [2.24, 2.45) is 0 Å². The van der Waals surface area contributed by atoms with Crippen molar-refractivity contribution in [3.8, 4) is 0 Å². The number of carbonyl (C=O) groups excluding carboxylic acids is 3. The number of rotatable bonds is 5. The van der Waals surface area contributed by atoms with Gasteiger partial charge >= 0.3 is 5.97 Å². The van der Waals surface area contributed by atoms with E-state index in [4.69, 9.17) is 0 Å². The van der Waals surface area contributed by atoms with Gasteiger partial charge in [-0.3, -0.25) is 14.4 Å². The predicted octanol–water partition coefficient (Wildman–Crippen LogP) is 2.01. The molecule has 8 heteroatoms. The zero-order valence-corrected chi connectivity index (χ0v) is 17.3. The monoisotopic (exact) mass is 404 g/mol. The van der Waals surface area contributed by atoms with Gasteiger partial charge in [0.25, 0.3) is 11.8 Å². The van der Waals surface area contributed by atoms with Crippen LogP contribution in [0.5, 0.6) is 0 Å². The van der Waals surface area contributed by atoms with Crippen LogP contribution in [0.1, 0.15) is 56.5 Å². The lowest BCUT2D eigenvalue weighted by molar-refractivity contribution is -0.170. The number of nitrogens with one attached hydrogen (secondary N) is 1. The predicted molar refractivity (Wildman–Crippen MR) is 105 cm³/mol. The lowest BCUT2D eigenvalue weighted by Gasteiger charge is -2.51. The van der Waals surface area contributed by atoms with E-state index in [1.807, 2.05) is 26.0 Å². The van der Waals surface area contributed by atoms with Crippen molar-refractivity contribution >= 4 is 35.3 Å². The van der Waals surface area contributed by atoms with Crippen LogP contribution in [0, 0.1) is 0 Å². The maximum Gasteiger partial charge on any atom is 0.327 e. The summed E-state index contributed by atoms with van der Waals surface area (Å²) in [7, 11) is 0. The van der Waals surface area contributed by atoms with Gasteiger partial charge in [-0.2, -0.15) is 0 Å². The molecule has 0 aliphatic carbocycles. The molecule has 0 bridgehead atoms. The van der Waals surface area contributed by atoms with Gasteiger partial charge in [0.15, 0.2) is 5.78 Å². The Balaban J connectivity index is 1.90. The fraction of sp³-hybridized carbons (Fsp3) is 0.500. The van der Waals surface area contributed by atoms with Crippen LogP contribution in [-0.2, 0) is 14.4 Å². The molecule has 2 fully saturated rings. The smallest absolute Gasteiger partial charge is 0.327 e. The molecule has 2 amide bonds. The number of carboxylic acid groups (broad SMARTS) is 1. The normalized spacial score (nSPS) is 27.9. The topological polar surface area (TPSA) is 104 Å². The summed E-state index contributed by atoms with van der Waals surface area (Å²) in [5.41, 5.74) is -0.325. The highest BCUT2D eigenvalue weighted by Crippen LogP contribution is 2.55. The maximum atomic E-state index is 12.9. The van der Waals surface area contributed by atoms with Gasteiger partial charge < -0.3 is 15.3 Å². The molecular weight excluding hydrogens is 380 g/mol. The van der Waals surface area contributed by atoms with Gasteiger partial charge in [-0.15, -0.1) is 11.8 Å². The largest absolute Gasteiger partial charge is 0.480 e. The third-order valence-electron chi connectivity index (χ3n) is 5.49. The molecule has 0 aromatic heterocycles. The number of β-lactam (4-membered cyclic amide) rings is 1. The average Bonchev–Trinajstić information content (AvgIpc) is 2.87.